The van der Waals surface area contributed by atoms with E-state index >= 15 is 0 Å². The second-order valence-corrected chi connectivity index (χ2v) is 4.89. The van der Waals surface area contributed by atoms with Crippen LogP contribution in [-0.4, -0.2) is 59.5 Å². The Morgan fingerprint density at radius 2 is 2.19 bits per heavy atom. The fourth-order valence-electron chi connectivity index (χ4n) is 2.18. The average molecular weight is 290 g/mol. The molecular weight excluding hydrogens is 276 g/mol. The molecular formula is C12H14N6O3. The summed E-state index contributed by atoms with van der Waals surface area (Å²) >= 11 is 0. The van der Waals surface area contributed by atoms with E-state index in [1.807, 2.05) is 10.8 Å². The van der Waals surface area contributed by atoms with Gasteiger partial charge in [-0.05, 0) is 0 Å². The van der Waals surface area contributed by atoms with Crippen LogP contribution in [0.5, 0.6) is 0 Å². The highest BCUT2D eigenvalue weighted by Crippen LogP contribution is 2.21. The van der Waals surface area contributed by atoms with Crippen molar-refractivity contribution in [2.45, 2.75) is 19.0 Å². The minimum Gasteiger partial charge on any atom is -0.476 e. The molecule has 0 bridgehead atoms. The van der Waals surface area contributed by atoms with E-state index in [0.717, 1.165) is 0 Å². The van der Waals surface area contributed by atoms with Gasteiger partial charge >= 0.3 is 5.97 Å². The molecule has 1 fully saturated rings. The van der Waals surface area contributed by atoms with E-state index in [1.54, 1.807) is 17.4 Å². The van der Waals surface area contributed by atoms with Gasteiger partial charge in [0.1, 0.15) is 0 Å². The summed E-state index contributed by atoms with van der Waals surface area (Å²) in [6.45, 7) is 1.67. The number of hydrogen-bond donors (Lipinski definition) is 1. The molecule has 0 atom stereocenters. The second-order valence-electron chi connectivity index (χ2n) is 4.89. The molecule has 0 unspecified atom stereocenters. The summed E-state index contributed by atoms with van der Waals surface area (Å²) in [6.07, 6.45) is 6.97. The zero-order valence-electron chi connectivity index (χ0n) is 11.2. The van der Waals surface area contributed by atoms with Gasteiger partial charge in [0.2, 0.25) is 5.91 Å². The van der Waals surface area contributed by atoms with Gasteiger partial charge < -0.3 is 14.6 Å². The van der Waals surface area contributed by atoms with Crippen molar-refractivity contribution in [1.82, 2.24) is 29.4 Å². The number of amides is 1. The molecule has 0 radical (unpaired) electrons. The molecule has 1 aliphatic rings. The summed E-state index contributed by atoms with van der Waals surface area (Å²) in [5.74, 6) is -1.03. The van der Waals surface area contributed by atoms with Crippen molar-refractivity contribution in [3.63, 3.8) is 0 Å². The van der Waals surface area contributed by atoms with Crippen LogP contribution >= 0.6 is 0 Å². The highest BCUT2D eigenvalue weighted by atomic mass is 16.4. The molecule has 2 aromatic rings. The van der Waals surface area contributed by atoms with Gasteiger partial charge in [0.05, 0.1) is 18.6 Å². The topological polar surface area (TPSA) is 106 Å². The van der Waals surface area contributed by atoms with E-state index < -0.39 is 5.97 Å². The number of carbonyl (C=O) groups excluding carboxylic acids is 1. The Morgan fingerprint density at radius 1 is 1.38 bits per heavy atom. The summed E-state index contributed by atoms with van der Waals surface area (Å²) in [4.78, 5) is 28.3. The minimum atomic E-state index is -1.10. The van der Waals surface area contributed by atoms with E-state index in [0.29, 0.717) is 26.1 Å². The zero-order valence-corrected chi connectivity index (χ0v) is 11.2. The number of likely N-dealkylation sites (tertiary alicyclic amines) is 1. The van der Waals surface area contributed by atoms with Crippen LogP contribution in [0, 0.1) is 0 Å². The van der Waals surface area contributed by atoms with E-state index in [2.05, 4.69) is 15.3 Å². The molecule has 21 heavy (non-hydrogen) atoms. The van der Waals surface area contributed by atoms with Gasteiger partial charge in [-0.25, -0.2) is 14.5 Å². The fourth-order valence-corrected chi connectivity index (χ4v) is 2.18. The van der Waals surface area contributed by atoms with Gasteiger partial charge in [-0.2, -0.15) is 0 Å². The van der Waals surface area contributed by atoms with Crippen LogP contribution < -0.4 is 0 Å². The minimum absolute atomic E-state index is 0.00259. The number of carboxylic acid groups (broad SMARTS) is 1. The molecule has 1 amide bonds. The SMILES string of the molecule is O=C(O)c1cn(C2CN(C(=O)CCn3ccnc3)C2)nn1. The molecule has 2 aromatic heterocycles. The highest BCUT2D eigenvalue weighted by Gasteiger charge is 2.32. The fraction of sp³-hybridized carbons (Fsp3) is 0.417. The van der Waals surface area contributed by atoms with Gasteiger partial charge in [0.15, 0.2) is 5.69 Å². The predicted octanol–water partition coefficient (Wildman–Crippen LogP) is -0.354. The van der Waals surface area contributed by atoms with Crippen molar-refractivity contribution in [2.24, 2.45) is 0 Å². The monoisotopic (exact) mass is 290 g/mol. The first-order chi connectivity index (χ1) is 10.1. The Balaban J connectivity index is 1.48. The number of aromatic carboxylic acids is 1. The van der Waals surface area contributed by atoms with E-state index in [4.69, 9.17) is 5.11 Å². The number of carbonyl (C=O) groups is 2. The van der Waals surface area contributed by atoms with Crippen LogP contribution in [0.25, 0.3) is 0 Å². The number of hydrogen-bond acceptors (Lipinski definition) is 5. The molecule has 110 valence electrons. The summed E-state index contributed by atoms with van der Waals surface area (Å²) in [6, 6.07) is 0.00259. The maximum atomic E-state index is 12.0. The Bertz CT molecular complexity index is 644. The molecule has 9 nitrogen and oxygen atoms in total. The number of imidazole rings is 1. The number of carboxylic acids is 1. The molecule has 3 heterocycles. The normalized spacial score (nSPS) is 15.0. The van der Waals surface area contributed by atoms with Crippen LogP contribution in [0.3, 0.4) is 0 Å². The van der Waals surface area contributed by atoms with E-state index in [-0.39, 0.29) is 17.6 Å². The summed E-state index contributed by atoms with van der Waals surface area (Å²) < 4.78 is 3.36. The van der Waals surface area contributed by atoms with Crippen molar-refractivity contribution < 1.29 is 14.7 Å². The molecule has 0 aromatic carbocycles. The van der Waals surface area contributed by atoms with E-state index in [1.165, 1.54) is 10.9 Å². The lowest BCUT2D eigenvalue weighted by Gasteiger charge is -2.38. The van der Waals surface area contributed by atoms with Gasteiger partial charge in [-0.1, -0.05) is 5.21 Å². The molecule has 1 N–H and O–H groups in total. The van der Waals surface area contributed by atoms with Crippen molar-refractivity contribution >= 4 is 11.9 Å². The Hall–Kier alpha value is -2.71. The van der Waals surface area contributed by atoms with Gasteiger partial charge in [-0.3, -0.25) is 4.79 Å². The van der Waals surface area contributed by atoms with Gasteiger partial charge in [0, 0.05) is 38.4 Å². The maximum absolute atomic E-state index is 12.0. The van der Waals surface area contributed by atoms with Gasteiger partial charge in [0.25, 0.3) is 0 Å². The standard InChI is InChI=1S/C12H14N6O3/c19-11(1-3-16-4-2-13-8-16)17-5-9(6-17)18-7-10(12(20)21)14-15-18/h2,4,7-9H,1,3,5-6H2,(H,20,21). The molecule has 0 saturated carbocycles. The average Bonchev–Trinajstić information content (AvgIpc) is 3.06. The van der Waals surface area contributed by atoms with Crippen molar-refractivity contribution in [3.8, 4) is 0 Å². The lowest BCUT2D eigenvalue weighted by molar-refractivity contribution is -0.137. The zero-order chi connectivity index (χ0) is 14.8. The van der Waals surface area contributed by atoms with Crippen LogP contribution in [0.2, 0.25) is 0 Å². The second kappa shape index (κ2) is 5.35. The Kier molecular flexibility index (Phi) is 3.38. The first-order valence-electron chi connectivity index (χ1n) is 6.52. The molecule has 9 heteroatoms. The lowest BCUT2D eigenvalue weighted by atomic mass is 10.1. The third-order valence-electron chi connectivity index (χ3n) is 3.46. The Morgan fingerprint density at radius 3 is 2.81 bits per heavy atom. The summed E-state index contributed by atoms with van der Waals surface area (Å²) in [5.41, 5.74) is -0.0834. The number of aryl methyl sites for hydroxylation is 1. The van der Waals surface area contributed by atoms with Crippen LogP contribution in [-0.2, 0) is 11.3 Å². The first-order valence-corrected chi connectivity index (χ1v) is 6.52. The number of nitrogens with zero attached hydrogens (tertiary/aromatic N) is 6. The Labute approximate surface area is 119 Å². The lowest BCUT2D eigenvalue weighted by Crippen LogP contribution is -2.51. The van der Waals surface area contributed by atoms with Crippen molar-refractivity contribution in [1.29, 1.82) is 0 Å². The molecule has 1 aliphatic heterocycles. The third kappa shape index (κ3) is 2.76. The van der Waals surface area contributed by atoms with Crippen LogP contribution in [0.1, 0.15) is 23.0 Å². The first kappa shape index (κ1) is 13.3. The molecule has 0 spiro atoms. The summed E-state index contributed by atoms with van der Waals surface area (Å²) in [5, 5.41) is 16.1. The van der Waals surface area contributed by atoms with Crippen molar-refractivity contribution in [3.05, 3.63) is 30.6 Å². The van der Waals surface area contributed by atoms with Crippen LogP contribution in [0.4, 0.5) is 0 Å². The largest absolute Gasteiger partial charge is 0.476 e. The molecule has 1 saturated heterocycles. The summed E-state index contributed by atoms with van der Waals surface area (Å²) in [7, 11) is 0. The molecule has 3 rings (SSSR count). The van der Waals surface area contributed by atoms with Gasteiger partial charge in [-0.15, -0.1) is 5.10 Å². The number of aromatic nitrogens is 5. The maximum Gasteiger partial charge on any atom is 0.358 e. The molecule has 0 aliphatic carbocycles. The predicted molar refractivity (Wildman–Crippen MR) is 69.4 cm³/mol. The highest BCUT2D eigenvalue weighted by molar-refractivity contribution is 5.84. The van der Waals surface area contributed by atoms with E-state index in [9.17, 15) is 9.59 Å². The van der Waals surface area contributed by atoms with Crippen molar-refractivity contribution in [2.75, 3.05) is 13.1 Å². The smallest absolute Gasteiger partial charge is 0.358 e. The third-order valence-corrected chi connectivity index (χ3v) is 3.46. The number of rotatable bonds is 5. The quantitative estimate of drug-likeness (QED) is 0.806. The van der Waals surface area contributed by atoms with Crippen LogP contribution in [0.15, 0.2) is 24.9 Å².